The molecule has 2 unspecified atom stereocenters. The average Bonchev–Trinajstić information content (AvgIpc) is 1.79. The van der Waals surface area contributed by atoms with Crippen LogP contribution >= 0.6 is 0 Å². The molecule has 9 heavy (non-hydrogen) atoms. The average molecular weight is 127 g/mol. The molecule has 1 heteroatoms. The zero-order chi connectivity index (χ0) is 7.07. The maximum atomic E-state index is 3.54. The zero-order valence-corrected chi connectivity index (χ0v) is 6.86. The molecule has 1 aliphatic heterocycles. The summed E-state index contributed by atoms with van der Waals surface area (Å²) < 4.78 is 0. The first kappa shape index (κ1) is 7.07. The van der Waals surface area contributed by atoms with Crippen LogP contribution in [-0.2, 0) is 0 Å². The number of rotatable bonds is 0. The Balaban J connectivity index is 2.58. The number of nitrogens with one attached hydrogen (secondary N) is 1. The minimum atomic E-state index is 0.374. The van der Waals surface area contributed by atoms with Crippen molar-refractivity contribution in [1.82, 2.24) is 5.32 Å². The molecule has 0 radical (unpaired) electrons. The molecule has 0 aromatic carbocycles. The minimum absolute atomic E-state index is 0.374. The lowest BCUT2D eigenvalue weighted by atomic mass is 9.91. The van der Waals surface area contributed by atoms with Crippen LogP contribution in [0.1, 0.15) is 34.1 Å². The third kappa shape index (κ3) is 1.26. The van der Waals surface area contributed by atoms with Gasteiger partial charge in [-0.15, -0.1) is 0 Å². The van der Waals surface area contributed by atoms with Gasteiger partial charge in [0.2, 0.25) is 0 Å². The van der Waals surface area contributed by atoms with E-state index in [0.717, 1.165) is 12.0 Å². The molecule has 1 saturated heterocycles. The molecule has 54 valence electrons. The summed E-state index contributed by atoms with van der Waals surface area (Å²) in [5.74, 6) is 0.826. The van der Waals surface area contributed by atoms with Gasteiger partial charge in [-0.1, -0.05) is 6.92 Å². The fraction of sp³-hybridized carbons (Fsp3) is 1.00. The SMILES string of the molecule is CC1CC(C)C(C)(C)N1. The topological polar surface area (TPSA) is 12.0 Å². The highest BCUT2D eigenvalue weighted by Gasteiger charge is 2.34. The highest BCUT2D eigenvalue weighted by atomic mass is 15.0. The van der Waals surface area contributed by atoms with Crippen LogP contribution in [0.2, 0.25) is 0 Å². The normalized spacial score (nSPS) is 41.3. The van der Waals surface area contributed by atoms with Crippen LogP contribution in [0, 0.1) is 5.92 Å². The van der Waals surface area contributed by atoms with Crippen molar-refractivity contribution in [2.45, 2.75) is 45.7 Å². The quantitative estimate of drug-likeness (QED) is 0.523. The number of hydrogen-bond donors (Lipinski definition) is 1. The van der Waals surface area contributed by atoms with Crippen LogP contribution in [0.15, 0.2) is 0 Å². The van der Waals surface area contributed by atoms with Gasteiger partial charge in [0.1, 0.15) is 0 Å². The van der Waals surface area contributed by atoms with Crippen molar-refractivity contribution < 1.29 is 0 Å². The molecule has 0 amide bonds. The Morgan fingerprint density at radius 1 is 1.33 bits per heavy atom. The van der Waals surface area contributed by atoms with Gasteiger partial charge in [-0.2, -0.15) is 0 Å². The van der Waals surface area contributed by atoms with Gasteiger partial charge in [0, 0.05) is 11.6 Å². The van der Waals surface area contributed by atoms with Crippen molar-refractivity contribution in [2.75, 3.05) is 0 Å². The van der Waals surface area contributed by atoms with Crippen LogP contribution < -0.4 is 5.32 Å². The molecule has 1 aliphatic rings. The van der Waals surface area contributed by atoms with Gasteiger partial charge in [-0.25, -0.2) is 0 Å². The van der Waals surface area contributed by atoms with Crippen molar-refractivity contribution in [1.29, 1.82) is 0 Å². The van der Waals surface area contributed by atoms with Gasteiger partial charge >= 0.3 is 0 Å². The Labute approximate surface area is 57.8 Å². The van der Waals surface area contributed by atoms with E-state index in [1.165, 1.54) is 6.42 Å². The standard InChI is InChI=1S/C8H17N/c1-6-5-7(2)9-8(6,3)4/h6-7,9H,5H2,1-4H3. The van der Waals surface area contributed by atoms with E-state index >= 15 is 0 Å². The van der Waals surface area contributed by atoms with E-state index < -0.39 is 0 Å². The molecule has 0 aromatic rings. The largest absolute Gasteiger partial charge is 0.309 e. The molecule has 1 rings (SSSR count). The van der Waals surface area contributed by atoms with Gasteiger partial charge in [-0.05, 0) is 33.1 Å². The van der Waals surface area contributed by atoms with Gasteiger partial charge in [0.15, 0.2) is 0 Å². The van der Waals surface area contributed by atoms with E-state index in [9.17, 15) is 0 Å². The van der Waals surface area contributed by atoms with Gasteiger partial charge in [-0.3, -0.25) is 0 Å². The second-order valence-electron chi connectivity index (χ2n) is 3.90. The Bertz CT molecular complexity index is 107. The lowest BCUT2D eigenvalue weighted by molar-refractivity contribution is 0.354. The Hall–Kier alpha value is -0.0400. The molecular weight excluding hydrogens is 110 g/mol. The fourth-order valence-corrected chi connectivity index (χ4v) is 1.66. The molecule has 0 spiro atoms. The van der Waals surface area contributed by atoms with Crippen molar-refractivity contribution in [3.63, 3.8) is 0 Å². The Kier molecular flexibility index (Phi) is 1.55. The molecule has 0 aliphatic carbocycles. The number of hydrogen-bond acceptors (Lipinski definition) is 1. The summed E-state index contributed by atoms with van der Waals surface area (Å²) in [4.78, 5) is 0. The maximum absolute atomic E-state index is 3.54. The van der Waals surface area contributed by atoms with E-state index in [2.05, 4.69) is 33.0 Å². The second kappa shape index (κ2) is 1.98. The molecular formula is C8H17N. The van der Waals surface area contributed by atoms with Gasteiger partial charge in [0.25, 0.3) is 0 Å². The predicted molar refractivity (Wildman–Crippen MR) is 40.5 cm³/mol. The lowest BCUT2D eigenvalue weighted by Crippen LogP contribution is -2.39. The molecule has 2 atom stereocenters. The summed E-state index contributed by atoms with van der Waals surface area (Å²) in [6.45, 7) is 9.13. The first-order valence-corrected chi connectivity index (χ1v) is 3.80. The van der Waals surface area contributed by atoms with Crippen LogP contribution in [0.25, 0.3) is 0 Å². The summed E-state index contributed by atoms with van der Waals surface area (Å²) in [6.07, 6.45) is 1.33. The van der Waals surface area contributed by atoms with Gasteiger partial charge in [0.05, 0.1) is 0 Å². The smallest absolute Gasteiger partial charge is 0.0153 e. The molecule has 0 aromatic heterocycles. The molecule has 1 N–H and O–H groups in total. The first-order valence-electron chi connectivity index (χ1n) is 3.80. The Morgan fingerprint density at radius 3 is 2.00 bits per heavy atom. The maximum Gasteiger partial charge on any atom is 0.0153 e. The summed E-state index contributed by atoms with van der Waals surface area (Å²) in [5, 5.41) is 3.54. The van der Waals surface area contributed by atoms with Crippen molar-refractivity contribution in [2.24, 2.45) is 5.92 Å². The first-order chi connectivity index (χ1) is 4.02. The van der Waals surface area contributed by atoms with E-state index in [4.69, 9.17) is 0 Å². The van der Waals surface area contributed by atoms with E-state index in [1.807, 2.05) is 0 Å². The summed E-state index contributed by atoms with van der Waals surface area (Å²) >= 11 is 0. The summed E-state index contributed by atoms with van der Waals surface area (Å²) in [6, 6.07) is 0.718. The Morgan fingerprint density at radius 2 is 1.89 bits per heavy atom. The molecule has 1 heterocycles. The molecule has 0 saturated carbocycles. The second-order valence-corrected chi connectivity index (χ2v) is 3.90. The predicted octanol–water partition coefficient (Wildman–Crippen LogP) is 1.78. The molecule has 1 fully saturated rings. The third-order valence-electron chi connectivity index (χ3n) is 2.56. The third-order valence-corrected chi connectivity index (χ3v) is 2.56. The van der Waals surface area contributed by atoms with Crippen LogP contribution in [0.5, 0.6) is 0 Å². The molecule has 1 nitrogen and oxygen atoms in total. The van der Waals surface area contributed by atoms with Crippen LogP contribution in [-0.4, -0.2) is 11.6 Å². The van der Waals surface area contributed by atoms with E-state index in [1.54, 1.807) is 0 Å². The minimum Gasteiger partial charge on any atom is -0.309 e. The van der Waals surface area contributed by atoms with Crippen LogP contribution in [0.3, 0.4) is 0 Å². The van der Waals surface area contributed by atoms with Crippen molar-refractivity contribution >= 4 is 0 Å². The fourth-order valence-electron chi connectivity index (χ4n) is 1.66. The zero-order valence-electron chi connectivity index (χ0n) is 6.86. The monoisotopic (exact) mass is 127 g/mol. The van der Waals surface area contributed by atoms with E-state index in [0.29, 0.717) is 5.54 Å². The highest BCUT2D eigenvalue weighted by molar-refractivity contribution is 4.93. The van der Waals surface area contributed by atoms with E-state index in [-0.39, 0.29) is 0 Å². The summed E-state index contributed by atoms with van der Waals surface area (Å²) in [5.41, 5.74) is 0.374. The molecule has 0 bridgehead atoms. The van der Waals surface area contributed by atoms with Crippen LogP contribution in [0.4, 0.5) is 0 Å². The van der Waals surface area contributed by atoms with Crippen molar-refractivity contribution in [3.8, 4) is 0 Å². The van der Waals surface area contributed by atoms with Gasteiger partial charge < -0.3 is 5.32 Å². The lowest BCUT2D eigenvalue weighted by Gasteiger charge is -2.23. The van der Waals surface area contributed by atoms with Crippen molar-refractivity contribution in [3.05, 3.63) is 0 Å². The summed E-state index contributed by atoms with van der Waals surface area (Å²) in [7, 11) is 0. The highest BCUT2D eigenvalue weighted by Crippen LogP contribution is 2.28.